The maximum Gasteiger partial charge on any atom is 0.272 e. The monoisotopic (exact) mass is 469 g/mol. The molecule has 1 saturated heterocycles. The Morgan fingerprint density at radius 1 is 0.914 bits per heavy atom. The summed E-state index contributed by atoms with van der Waals surface area (Å²) < 4.78 is 19.4. The number of aryl methyl sites for hydroxylation is 1. The molecule has 0 aliphatic carbocycles. The number of hydrogen-bond donors (Lipinski definition) is 0. The molecule has 0 unspecified atom stereocenters. The molecule has 1 aliphatic heterocycles. The van der Waals surface area contributed by atoms with Crippen LogP contribution in [0.15, 0.2) is 78.9 Å². The van der Waals surface area contributed by atoms with Crippen LogP contribution in [0.4, 0.5) is 4.39 Å². The Hall–Kier alpha value is -3.77. The van der Waals surface area contributed by atoms with Crippen LogP contribution >= 0.6 is 0 Å². The van der Waals surface area contributed by atoms with Crippen LogP contribution in [0.5, 0.6) is 5.75 Å². The lowest BCUT2D eigenvalue weighted by atomic mass is 9.96. The molecular weight excluding hydrogens is 441 g/mol. The second-order valence-corrected chi connectivity index (χ2v) is 8.88. The van der Waals surface area contributed by atoms with E-state index in [0.717, 1.165) is 13.1 Å². The maximum absolute atomic E-state index is 13.9. The quantitative estimate of drug-likeness (QED) is 0.401. The van der Waals surface area contributed by atoms with Gasteiger partial charge in [0.2, 0.25) is 0 Å². The van der Waals surface area contributed by atoms with Gasteiger partial charge in [-0.1, -0.05) is 60.7 Å². The van der Waals surface area contributed by atoms with E-state index in [0.29, 0.717) is 41.0 Å². The molecule has 3 aromatic carbocycles. The number of piperazine rings is 1. The molecule has 0 saturated carbocycles. The molecule has 4 aromatic rings. The van der Waals surface area contributed by atoms with Crippen LogP contribution in [0.25, 0.3) is 10.9 Å². The van der Waals surface area contributed by atoms with Crippen LogP contribution in [-0.2, 0) is 0 Å². The lowest BCUT2D eigenvalue weighted by molar-refractivity contribution is 0.0592. The van der Waals surface area contributed by atoms with Gasteiger partial charge in [-0.15, -0.1) is 0 Å². The predicted octanol–water partition coefficient (Wildman–Crippen LogP) is 5.24. The van der Waals surface area contributed by atoms with Crippen molar-refractivity contribution in [3.63, 3.8) is 0 Å². The third-order valence-corrected chi connectivity index (χ3v) is 6.67. The SMILES string of the molecule is COc1cc(C(=O)N2CCN(C(c3ccccc3)c3ccccc3)CC2)nc2c(C)cc(F)cc12. The minimum atomic E-state index is -0.350. The van der Waals surface area contributed by atoms with Crippen molar-refractivity contribution < 1.29 is 13.9 Å². The Kier molecular flexibility index (Phi) is 6.47. The van der Waals surface area contributed by atoms with Gasteiger partial charge in [-0.25, -0.2) is 9.37 Å². The van der Waals surface area contributed by atoms with Gasteiger partial charge in [-0.2, -0.15) is 0 Å². The van der Waals surface area contributed by atoms with E-state index in [-0.39, 0.29) is 17.8 Å². The highest BCUT2D eigenvalue weighted by Crippen LogP contribution is 2.31. The van der Waals surface area contributed by atoms with Gasteiger partial charge in [-0.3, -0.25) is 9.69 Å². The second-order valence-electron chi connectivity index (χ2n) is 8.88. The molecular formula is C29H28FN3O2. The smallest absolute Gasteiger partial charge is 0.272 e. The van der Waals surface area contributed by atoms with Crippen LogP contribution in [0.3, 0.4) is 0 Å². The molecule has 0 atom stereocenters. The molecule has 1 aliphatic rings. The second kappa shape index (κ2) is 9.84. The van der Waals surface area contributed by atoms with E-state index >= 15 is 0 Å². The number of ether oxygens (including phenoxy) is 1. The number of fused-ring (bicyclic) bond motifs is 1. The van der Waals surface area contributed by atoms with Crippen molar-refractivity contribution >= 4 is 16.8 Å². The van der Waals surface area contributed by atoms with Gasteiger partial charge in [0.05, 0.1) is 18.7 Å². The maximum atomic E-state index is 13.9. The van der Waals surface area contributed by atoms with E-state index in [1.54, 1.807) is 13.0 Å². The molecule has 178 valence electrons. The average Bonchev–Trinajstić information content (AvgIpc) is 2.89. The van der Waals surface area contributed by atoms with Crippen LogP contribution in [0.2, 0.25) is 0 Å². The number of carbonyl (C=O) groups excluding carboxylic acids is 1. The van der Waals surface area contributed by atoms with E-state index < -0.39 is 0 Å². The zero-order chi connectivity index (χ0) is 24.4. The topological polar surface area (TPSA) is 45.7 Å². The third-order valence-electron chi connectivity index (χ3n) is 6.67. The summed E-state index contributed by atoms with van der Waals surface area (Å²) in [5.74, 6) is -0.0333. The Balaban J connectivity index is 1.38. The Bertz CT molecular complexity index is 1300. The number of pyridine rings is 1. The van der Waals surface area contributed by atoms with E-state index in [2.05, 4.69) is 58.4 Å². The molecule has 2 heterocycles. The minimum Gasteiger partial charge on any atom is -0.496 e. The van der Waals surface area contributed by atoms with E-state index in [4.69, 9.17) is 4.74 Å². The summed E-state index contributed by atoms with van der Waals surface area (Å²) in [7, 11) is 1.52. The molecule has 0 N–H and O–H groups in total. The van der Waals surface area contributed by atoms with Crippen molar-refractivity contribution in [1.29, 1.82) is 0 Å². The van der Waals surface area contributed by atoms with Crippen molar-refractivity contribution in [3.05, 3.63) is 107 Å². The van der Waals surface area contributed by atoms with Crippen LogP contribution in [0.1, 0.15) is 33.2 Å². The summed E-state index contributed by atoms with van der Waals surface area (Å²) in [4.78, 5) is 22.3. The van der Waals surface area contributed by atoms with Crippen LogP contribution < -0.4 is 4.74 Å². The van der Waals surface area contributed by atoms with Gasteiger partial charge in [0.1, 0.15) is 17.3 Å². The molecule has 0 bridgehead atoms. The number of halogens is 1. The standard InChI is InChI=1S/C29H28FN3O2/c1-20-17-23(30)18-24-26(35-2)19-25(31-27(20)24)29(34)33-15-13-32(14-16-33)28(21-9-5-3-6-10-21)22-11-7-4-8-12-22/h3-12,17-19,28H,13-16H2,1-2H3. The molecule has 6 heteroatoms. The normalized spacial score (nSPS) is 14.5. The summed E-state index contributed by atoms with van der Waals surface area (Å²) in [5, 5.41) is 0.569. The third kappa shape index (κ3) is 4.62. The van der Waals surface area contributed by atoms with Gasteiger partial charge >= 0.3 is 0 Å². The van der Waals surface area contributed by atoms with Crippen molar-refractivity contribution in [2.45, 2.75) is 13.0 Å². The highest BCUT2D eigenvalue weighted by Gasteiger charge is 2.29. The summed E-state index contributed by atoms with van der Waals surface area (Å²) in [5.41, 5.74) is 4.05. The molecule has 5 rings (SSSR count). The minimum absolute atomic E-state index is 0.131. The summed E-state index contributed by atoms with van der Waals surface area (Å²) >= 11 is 0. The number of benzene rings is 3. The first-order valence-electron chi connectivity index (χ1n) is 11.8. The van der Waals surface area contributed by atoms with Gasteiger partial charge in [-0.05, 0) is 35.7 Å². The molecule has 35 heavy (non-hydrogen) atoms. The van der Waals surface area contributed by atoms with Crippen molar-refractivity contribution in [2.75, 3.05) is 33.3 Å². The highest BCUT2D eigenvalue weighted by molar-refractivity contribution is 5.97. The highest BCUT2D eigenvalue weighted by atomic mass is 19.1. The Morgan fingerprint density at radius 3 is 2.09 bits per heavy atom. The van der Waals surface area contributed by atoms with Crippen molar-refractivity contribution in [3.8, 4) is 5.75 Å². The molecule has 5 nitrogen and oxygen atoms in total. The fraction of sp³-hybridized carbons (Fsp3) is 0.241. The Morgan fingerprint density at radius 2 is 1.51 bits per heavy atom. The predicted molar refractivity (Wildman–Crippen MR) is 135 cm³/mol. The Labute approximate surface area is 204 Å². The van der Waals surface area contributed by atoms with Crippen LogP contribution in [0, 0.1) is 12.7 Å². The number of amides is 1. The zero-order valence-electron chi connectivity index (χ0n) is 19.9. The lowest BCUT2D eigenvalue weighted by Gasteiger charge is -2.39. The van der Waals surface area contributed by atoms with E-state index in [1.165, 1.54) is 30.4 Å². The van der Waals surface area contributed by atoms with Crippen molar-refractivity contribution in [2.24, 2.45) is 0 Å². The van der Waals surface area contributed by atoms with E-state index in [1.807, 2.05) is 17.0 Å². The molecule has 1 aromatic heterocycles. The first-order chi connectivity index (χ1) is 17.0. The average molecular weight is 470 g/mol. The largest absolute Gasteiger partial charge is 0.496 e. The number of methoxy groups -OCH3 is 1. The summed E-state index contributed by atoms with van der Waals surface area (Å²) in [6, 6.07) is 25.5. The first kappa shape index (κ1) is 23.0. The zero-order valence-corrected chi connectivity index (χ0v) is 19.9. The number of hydrogen-bond acceptors (Lipinski definition) is 4. The van der Waals surface area contributed by atoms with Crippen LogP contribution in [-0.4, -0.2) is 54.0 Å². The van der Waals surface area contributed by atoms with Gasteiger partial charge < -0.3 is 9.64 Å². The van der Waals surface area contributed by atoms with Gasteiger partial charge in [0, 0.05) is 37.6 Å². The summed E-state index contributed by atoms with van der Waals surface area (Å²) in [6.45, 7) is 4.47. The summed E-state index contributed by atoms with van der Waals surface area (Å²) in [6.07, 6.45) is 0. The molecule has 0 spiro atoms. The molecule has 1 amide bonds. The molecule has 1 fully saturated rings. The number of rotatable bonds is 5. The number of aromatic nitrogens is 1. The fourth-order valence-corrected chi connectivity index (χ4v) is 4.93. The van der Waals surface area contributed by atoms with Crippen molar-refractivity contribution in [1.82, 2.24) is 14.8 Å². The molecule has 0 radical (unpaired) electrons. The lowest BCUT2D eigenvalue weighted by Crippen LogP contribution is -2.50. The number of carbonyl (C=O) groups is 1. The first-order valence-corrected chi connectivity index (χ1v) is 11.8. The van der Waals surface area contributed by atoms with Gasteiger partial charge in [0.15, 0.2) is 0 Å². The number of nitrogens with zero attached hydrogens (tertiary/aromatic N) is 3. The van der Waals surface area contributed by atoms with E-state index in [9.17, 15) is 9.18 Å². The fourth-order valence-electron chi connectivity index (χ4n) is 4.93. The van der Waals surface area contributed by atoms with Gasteiger partial charge in [0.25, 0.3) is 5.91 Å².